The molecule has 0 bridgehead atoms. The fourth-order valence-corrected chi connectivity index (χ4v) is 2.61. The molecule has 3 aromatic rings. The molecule has 0 fully saturated rings. The van der Waals surface area contributed by atoms with Crippen LogP contribution in [0.15, 0.2) is 48.9 Å². The van der Waals surface area contributed by atoms with E-state index in [1.807, 2.05) is 41.9 Å². The molecule has 6 nitrogen and oxygen atoms in total. The lowest BCUT2D eigenvalue weighted by Gasteiger charge is -2.05. The summed E-state index contributed by atoms with van der Waals surface area (Å²) in [6, 6.07) is 9.53. The van der Waals surface area contributed by atoms with Crippen molar-refractivity contribution < 1.29 is 4.79 Å². The lowest BCUT2D eigenvalue weighted by molar-refractivity contribution is -0.116. The maximum atomic E-state index is 12.0. The Balaban J connectivity index is 1.53. The van der Waals surface area contributed by atoms with E-state index in [1.54, 1.807) is 23.3 Å². The summed E-state index contributed by atoms with van der Waals surface area (Å²) in [4.78, 5) is 12.0. The molecule has 0 aliphatic heterocycles. The highest BCUT2D eigenvalue weighted by atomic mass is 35.5. The number of aromatic nitrogens is 4. The van der Waals surface area contributed by atoms with Gasteiger partial charge in [0.1, 0.15) is 0 Å². The predicted octanol–water partition coefficient (Wildman–Crippen LogP) is 3.12. The van der Waals surface area contributed by atoms with Crippen LogP contribution >= 0.6 is 11.6 Å². The van der Waals surface area contributed by atoms with Crippen molar-refractivity contribution in [3.8, 4) is 0 Å². The van der Waals surface area contributed by atoms with Crippen LogP contribution in [0, 0.1) is 6.92 Å². The lowest BCUT2D eigenvalue weighted by Crippen LogP contribution is -2.15. The van der Waals surface area contributed by atoms with E-state index in [0.717, 1.165) is 11.3 Å². The molecule has 0 saturated carbocycles. The molecule has 1 N–H and O–H groups in total. The van der Waals surface area contributed by atoms with Crippen LogP contribution in [0.3, 0.4) is 0 Å². The Labute approximate surface area is 145 Å². The molecule has 0 spiro atoms. The molecule has 0 unspecified atom stereocenters. The number of aryl methyl sites for hydroxylation is 2. The van der Waals surface area contributed by atoms with Gasteiger partial charge in [0.2, 0.25) is 5.91 Å². The fraction of sp³-hybridized carbons (Fsp3) is 0.235. The average molecular weight is 344 g/mol. The zero-order chi connectivity index (χ0) is 16.9. The Bertz CT molecular complexity index is 839. The van der Waals surface area contributed by atoms with Gasteiger partial charge in [-0.3, -0.25) is 14.2 Å². The summed E-state index contributed by atoms with van der Waals surface area (Å²) < 4.78 is 3.57. The summed E-state index contributed by atoms with van der Waals surface area (Å²) in [5.74, 6) is -0.0628. The minimum atomic E-state index is -0.0628. The molecule has 2 heterocycles. The fourth-order valence-electron chi connectivity index (χ4n) is 2.40. The first kappa shape index (κ1) is 16.3. The molecular weight excluding hydrogens is 326 g/mol. The summed E-state index contributed by atoms with van der Waals surface area (Å²) >= 11 is 5.98. The molecule has 0 saturated heterocycles. The van der Waals surface area contributed by atoms with Gasteiger partial charge in [-0.05, 0) is 30.7 Å². The van der Waals surface area contributed by atoms with E-state index in [9.17, 15) is 4.79 Å². The maximum Gasteiger partial charge on any atom is 0.226 e. The van der Waals surface area contributed by atoms with Crippen LogP contribution in [0.2, 0.25) is 5.02 Å². The zero-order valence-corrected chi connectivity index (χ0v) is 14.1. The Hall–Kier alpha value is -2.60. The second kappa shape index (κ2) is 7.31. The standard InChI is InChI=1S/C17H18ClN5O/c1-13-5-7-19-23(13)8-6-17(24)21-16-10-20-22(12-16)11-14-3-2-4-15(18)9-14/h2-5,7,9-10,12H,6,8,11H2,1H3,(H,21,24). The van der Waals surface area contributed by atoms with Crippen molar-refractivity contribution >= 4 is 23.2 Å². The molecule has 0 aliphatic carbocycles. The van der Waals surface area contributed by atoms with E-state index in [1.165, 1.54) is 0 Å². The number of halogens is 1. The quantitative estimate of drug-likeness (QED) is 0.748. The van der Waals surface area contributed by atoms with Gasteiger partial charge >= 0.3 is 0 Å². The van der Waals surface area contributed by atoms with Crippen molar-refractivity contribution in [3.05, 3.63) is 65.2 Å². The van der Waals surface area contributed by atoms with E-state index in [0.29, 0.717) is 30.2 Å². The van der Waals surface area contributed by atoms with Crippen LogP contribution < -0.4 is 5.32 Å². The third-order valence-electron chi connectivity index (χ3n) is 3.63. The van der Waals surface area contributed by atoms with Crippen molar-refractivity contribution in [2.45, 2.75) is 26.4 Å². The molecule has 0 radical (unpaired) electrons. The SMILES string of the molecule is Cc1ccnn1CCC(=O)Nc1cnn(Cc2cccc(Cl)c2)c1. The largest absolute Gasteiger partial charge is 0.323 e. The number of nitrogens with zero attached hydrogens (tertiary/aromatic N) is 4. The summed E-state index contributed by atoms with van der Waals surface area (Å²) in [5.41, 5.74) is 2.77. The number of amides is 1. The van der Waals surface area contributed by atoms with Crippen molar-refractivity contribution in [1.82, 2.24) is 19.6 Å². The van der Waals surface area contributed by atoms with Gasteiger partial charge < -0.3 is 5.32 Å². The van der Waals surface area contributed by atoms with E-state index in [-0.39, 0.29) is 5.91 Å². The van der Waals surface area contributed by atoms with E-state index in [4.69, 9.17) is 11.6 Å². The molecule has 7 heteroatoms. The zero-order valence-electron chi connectivity index (χ0n) is 13.3. The normalized spacial score (nSPS) is 10.8. The highest BCUT2D eigenvalue weighted by Gasteiger charge is 2.07. The smallest absolute Gasteiger partial charge is 0.226 e. The van der Waals surface area contributed by atoms with Gasteiger partial charge in [-0.1, -0.05) is 23.7 Å². The first-order valence-electron chi connectivity index (χ1n) is 7.65. The van der Waals surface area contributed by atoms with Crippen LogP contribution in [0.5, 0.6) is 0 Å². The molecule has 2 aromatic heterocycles. The number of hydrogen-bond donors (Lipinski definition) is 1. The molecule has 1 amide bonds. The monoisotopic (exact) mass is 343 g/mol. The number of nitrogens with one attached hydrogen (secondary N) is 1. The third-order valence-corrected chi connectivity index (χ3v) is 3.87. The molecule has 24 heavy (non-hydrogen) atoms. The van der Waals surface area contributed by atoms with Crippen LogP contribution in [0.1, 0.15) is 17.7 Å². The van der Waals surface area contributed by atoms with Crippen LogP contribution in [-0.2, 0) is 17.9 Å². The number of carbonyl (C=O) groups is 1. The third kappa shape index (κ3) is 4.23. The van der Waals surface area contributed by atoms with Gasteiger partial charge in [0.15, 0.2) is 0 Å². The van der Waals surface area contributed by atoms with Gasteiger partial charge in [-0.15, -0.1) is 0 Å². The van der Waals surface area contributed by atoms with Gasteiger partial charge in [-0.2, -0.15) is 10.2 Å². The van der Waals surface area contributed by atoms with E-state index < -0.39 is 0 Å². The Morgan fingerprint density at radius 1 is 1.29 bits per heavy atom. The minimum Gasteiger partial charge on any atom is -0.323 e. The number of anilines is 1. The van der Waals surface area contributed by atoms with Crippen molar-refractivity contribution in [1.29, 1.82) is 0 Å². The summed E-state index contributed by atoms with van der Waals surface area (Å²) in [6.45, 7) is 3.12. The van der Waals surface area contributed by atoms with Crippen molar-refractivity contribution in [3.63, 3.8) is 0 Å². The topological polar surface area (TPSA) is 64.7 Å². The summed E-state index contributed by atoms with van der Waals surface area (Å²) in [5, 5.41) is 12.0. The van der Waals surface area contributed by atoms with Crippen molar-refractivity contribution in [2.24, 2.45) is 0 Å². The first-order valence-corrected chi connectivity index (χ1v) is 8.03. The van der Waals surface area contributed by atoms with E-state index >= 15 is 0 Å². The summed E-state index contributed by atoms with van der Waals surface area (Å²) in [6.07, 6.45) is 5.54. The second-order valence-corrected chi connectivity index (χ2v) is 5.99. The molecule has 1 aromatic carbocycles. The molecule has 124 valence electrons. The molecule has 0 aliphatic rings. The van der Waals surface area contributed by atoms with Crippen LogP contribution in [0.4, 0.5) is 5.69 Å². The summed E-state index contributed by atoms with van der Waals surface area (Å²) in [7, 11) is 0. The minimum absolute atomic E-state index is 0.0628. The number of hydrogen-bond acceptors (Lipinski definition) is 3. The average Bonchev–Trinajstić information content (AvgIpc) is 3.14. The Morgan fingerprint density at radius 2 is 2.17 bits per heavy atom. The van der Waals surface area contributed by atoms with Gasteiger partial charge in [0.05, 0.1) is 18.4 Å². The highest BCUT2D eigenvalue weighted by molar-refractivity contribution is 6.30. The van der Waals surface area contributed by atoms with Crippen LogP contribution in [-0.4, -0.2) is 25.5 Å². The van der Waals surface area contributed by atoms with Crippen LogP contribution in [0.25, 0.3) is 0 Å². The van der Waals surface area contributed by atoms with Gasteiger partial charge in [0.25, 0.3) is 0 Å². The Kier molecular flexibility index (Phi) is 4.96. The number of rotatable bonds is 6. The number of carbonyl (C=O) groups excluding carboxylic acids is 1. The highest BCUT2D eigenvalue weighted by Crippen LogP contribution is 2.13. The van der Waals surface area contributed by atoms with Gasteiger partial charge in [-0.25, -0.2) is 0 Å². The number of benzene rings is 1. The Morgan fingerprint density at radius 3 is 2.92 bits per heavy atom. The predicted molar refractivity (Wildman–Crippen MR) is 93.0 cm³/mol. The maximum absolute atomic E-state index is 12.0. The van der Waals surface area contributed by atoms with Gasteiger partial charge in [0, 0.05) is 36.1 Å². The van der Waals surface area contributed by atoms with Crippen molar-refractivity contribution in [2.75, 3.05) is 5.32 Å². The second-order valence-electron chi connectivity index (χ2n) is 5.55. The van der Waals surface area contributed by atoms with E-state index in [2.05, 4.69) is 15.5 Å². The molecular formula is C17H18ClN5O. The molecule has 3 rings (SSSR count). The molecule has 0 atom stereocenters. The first-order chi connectivity index (χ1) is 11.6. The lowest BCUT2D eigenvalue weighted by atomic mass is 10.2.